The normalized spacial score (nSPS) is 15.1. The van der Waals surface area contributed by atoms with Crippen LogP contribution in [-0.4, -0.2) is 50.8 Å². The fraction of sp³-hybridized carbons (Fsp3) is 0.471. The predicted molar refractivity (Wildman–Crippen MR) is 107 cm³/mol. The van der Waals surface area contributed by atoms with Crippen LogP contribution in [0.1, 0.15) is 29.2 Å². The zero-order valence-corrected chi connectivity index (χ0v) is 17.3. The second kappa shape index (κ2) is 8.52. The lowest BCUT2D eigenvalue weighted by Gasteiger charge is -2.30. The number of nitrogens with two attached hydrogens (primary N) is 1. The Balaban J connectivity index is 1.90. The Kier molecular flexibility index (Phi) is 6.28. The molecular formula is C17H23N5O4S2. The second-order valence-electron chi connectivity index (χ2n) is 6.88. The minimum absolute atomic E-state index is 0.118. The summed E-state index contributed by atoms with van der Waals surface area (Å²) in [6.07, 6.45) is 0.771. The van der Waals surface area contributed by atoms with Crippen molar-refractivity contribution in [1.29, 1.82) is 0 Å². The molecule has 0 bridgehead atoms. The summed E-state index contributed by atoms with van der Waals surface area (Å²) >= 11 is 1.30. The van der Waals surface area contributed by atoms with Gasteiger partial charge in [0, 0.05) is 25.2 Å². The number of rotatable bonds is 6. The number of hydrogen-bond acceptors (Lipinski definition) is 8. The Labute approximate surface area is 168 Å². The van der Waals surface area contributed by atoms with Gasteiger partial charge < -0.3 is 9.64 Å². The van der Waals surface area contributed by atoms with E-state index >= 15 is 0 Å². The molecule has 0 spiro atoms. The molecule has 0 unspecified atom stereocenters. The van der Waals surface area contributed by atoms with Gasteiger partial charge in [-0.05, 0) is 24.1 Å². The van der Waals surface area contributed by atoms with Crippen molar-refractivity contribution < 1.29 is 17.9 Å². The third-order valence-corrected chi connectivity index (χ3v) is 5.94. The molecule has 28 heavy (non-hydrogen) atoms. The molecule has 11 heteroatoms. The highest BCUT2D eigenvalue weighted by molar-refractivity contribution is 7.89. The number of anilines is 2. The molecule has 1 aromatic carbocycles. The number of carbonyl (C=O) groups excluding carboxylic acids is 1. The van der Waals surface area contributed by atoms with Crippen molar-refractivity contribution in [2.45, 2.75) is 25.2 Å². The third kappa shape index (κ3) is 5.04. The van der Waals surface area contributed by atoms with E-state index in [9.17, 15) is 13.2 Å². The summed E-state index contributed by atoms with van der Waals surface area (Å²) in [5.41, 5.74) is 0.842. The number of morpholine rings is 1. The first-order valence-electron chi connectivity index (χ1n) is 8.87. The van der Waals surface area contributed by atoms with E-state index in [1.165, 1.54) is 23.5 Å². The fourth-order valence-corrected chi connectivity index (χ4v) is 4.34. The van der Waals surface area contributed by atoms with Crippen LogP contribution in [0.2, 0.25) is 0 Å². The molecule has 1 aliphatic rings. The molecule has 0 saturated carbocycles. The van der Waals surface area contributed by atoms with Gasteiger partial charge in [-0.25, -0.2) is 13.6 Å². The molecule has 1 amide bonds. The van der Waals surface area contributed by atoms with Crippen molar-refractivity contribution >= 4 is 38.1 Å². The highest BCUT2D eigenvalue weighted by Crippen LogP contribution is 2.27. The average Bonchev–Trinajstić information content (AvgIpc) is 3.07. The van der Waals surface area contributed by atoms with Crippen LogP contribution in [0.25, 0.3) is 0 Å². The molecule has 0 atom stereocenters. The Morgan fingerprint density at radius 2 is 2.04 bits per heavy atom. The van der Waals surface area contributed by atoms with Crippen LogP contribution >= 0.6 is 11.3 Å². The predicted octanol–water partition coefficient (Wildman–Crippen LogP) is 1.47. The molecule has 2 heterocycles. The number of nitrogens with zero attached hydrogens (tertiary/aromatic N) is 3. The van der Waals surface area contributed by atoms with E-state index in [1.54, 1.807) is 6.07 Å². The van der Waals surface area contributed by atoms with Gasteiger partial charge in [-0.2, -0.15) is 0 Å². The average molecular weight is 426 g/mol. The van der Waals surface area contributed by atoms with Crippen LogP contribution in [0.5, 0.6) is 0 Å². The van der Waals surface area contributed by atoms with Crippen LogP contribution in [0.15, 0.2) is 23.1 Å². The van der Waals surface area contributed by atoms with Gasteiger partial charge in [-0.3, -0.25) is 10.1 Å². The third-order valence-electron chi connectivity index (χ3n) is 4.16. The number of benzene rings is 1. The standard InChI is InChI=1S/C17H23N5O4S2/c1-11(2)9-15-20-21-17(27-15)19-16(23)13-10-12(28(18,24)25)3-4-14(13)22-5-7-26-8-6-22/h3-4,10-11H,5-9H2,1-2H3,(H2,18,24,25)(H,19,21,23). The molecule has 1 fully saturated rings. The van der Waals surface area contributed by atoms with Crippen LogP contribution in [0.4, 0.5) is 10.8 Å². The van der Waals surface area contributed by atoms with Crippen molar-refractivity contribution in [2.75, 3.05) is 36.5 Å². The molecule has 2 aromatic rings. The maximum absolute atomic E-state index is 12.9. The molecule has 3 N–H and O–H groups in total. The molecule has 1 aliphatic heterocycles. The summed E-state index contributed by atoms with van der Waals surface area (Å²) < 4.78 is 28.9. The summed E-state index contributed by atoms with van der Waals surface area (Å²) in [5, 5.41) is 17.3. The number of hydrogen-bond donors (Lipinski definition) is 2. The second-order valence-corrected chi connectivity index (χ2v) is 9.50. The minimum atomic E-state index is -3.94. The number of ether oxygens (including phenoxy) is 1. The largest absolute Gasteiger partial charge is 0.378 e. The lowest BCUT2D eigenvalue weighted by Crippen LogP contribution is -2.37. The van der Waals surface area contributed by atoms with Crippen LogP contribution in [0, 0.1) is 5.92 Å². The molecule has 0 radical (unpaired) electrons. The maximum atomic E-state index is 12.9. The van der Waals surface area contributed by atoms with Gasteiger partial charge in [0.15, 0.2) is 0 Å². The Bertz CT molecular complexity index is 952. The molecule has 0 aliphatic carbocycles. The quantitative estimate of drug-likeness (QED) is 0.717. The van der Waals surface area contributed by atoms with E-state index in [0.717, 1.165) is 11.4 Å². The maximum Gasteiger partial charge on any atom is 0.259 e. The molecule has 152 valence electrons. The summed E-state index contributed by atoms with van der Waals surface area (Å²) in [7, 11) is -3.94. The monoisotopic (exact) mass is 425 g/mol. The molecule has 3 rings (SSSR count). The zero-order valence-electron chi connectivity index (χ0n) is 15.7. The Hall–Kier alpha value is -2.08. The zero-order chi connectivity index (χ0) is 20.3. The van der Waals surface area contributed by atoms with Gasteiger partial charge in [0.25, 0.3) is 5.91 Å². The molecule has 1 saturated heterocycles. The summed E-state index contributed by atoms with van der Waals surface area (Å²) in [6, 6.07) is 4.30. The molecule has 9 nitrogen and oxygen atoms in total. The van der Waals surface area contributed by atoms with E-state index < -0.39 is 15.9 Å². The van der Waals surface area contributed by atoms with Crippen LogP contribution in [-0.2, 0) is 21.2 Å². The van der Waals surface area contributed by atoms with Gasteiger partial charge >= 0.3 is 0 Å². The topological polar surface area (TPSA) is 128 Å². The van der Waals surface area contributed by atoms with Crippen LogP contribution < -0.4 is 15.4 Å². The summed E-state index contributed by atoms with van der Waals surface area (Å²) in [4.78, 5) is 14.8. The number of aromatic nitrogens is 2. The van der Waals surface area contributed by atoms with E-state index in [2.05, 4.69) is 29.4 Å². The molecule has 1 aromatic heterocycles. The van der Waals surface area contributed by atoms with E-state index in [1.807, 2.05) is 4.90 Å². The first-order chi connectivity index (χ1) is 13.2. The number of amides is 1. The Morgan fingerprint density at radius 1 is 1.32 bits per heavy atom. The van der Waals surface area contributed by atoms with Gasteiger partial charge in [0.2, 0.25) is 15.2 Å². The number of nitrogens with one attached hydrogen (secondary N) is 1. The van der Waals surface area contributed by atoms with Crippen molar-refractivity contribution in [1.82, 2.24) is 10.2 Å². The Morgan fingerprint density at radius 3 is 2.68 bits per heavy atom. The highest BCUT2D eigenvalue weighted by atomic mass is 32.2. The molecular weight excluding hydrogens is 402 g/mol. The smallest absolute Gasteiger partial charge is 0.259 e. The van der Waals surface area contributed by atoms with Crippen molar-refractivity contribution in [3.8, 4) is 0 Å². The van der Waals surface area contributed by atoms with Gasteiger partial charge in [-0.15, -0.1) is 10.2 Å². The minimum Gasteiger partial charge on any atom is -0.378 e. The lowest BCUT2D eigenvalue weighted by molar-refractivity contribution is 0.102. The summed E-state index contributed by atoms with van der Waals surface area (Å²) in [6.45, 7) is 6.43. The first-order valence-corrected chi connectivity index (χ1v) is 11.2. The van der Waals surface area contributed by atoms with E-state index in [4.69, 9.17) is 9.88 Å². The fourth-order valence-electron chi connectivity index (χ4n) is 2.85. The first kappa shape index (κ1) is 20.6. The number of carbonyl (C=O) groups is 1. The van der Waals surface area contributed by atoms with Gasteiger partial charge in [-0.1, -0.05) is 25.2 Å². The van der Waals surface area contributed by atoms with Gasteiger partial charge in [0.1, 0.15) is 5.01 Å². The van der Waals surface area contributed by atoms with E-state index in [-0.39, 0.29) is 10.5 Å². The SMILES string of the molecule is CC(C)Cc1nnc(NC(=O)c2cc(S(N)(=O)=O)ccc2N2CCOCC2)s1. The summed E-state index contributed by atoms with van der Waals surface area (Å²) in [5.74, 6) is -0.0323. The van der Waals surface area contributed by atoms with Crippen molar-refractivity contribution in [3.05, 3.63) is 28.8 Å². The van der Waals surface area contributed by atoms with E-state index in [0.29, 0.717) is 43.0 Å². The highest BCUT2D eigenvalue weighted by Gasteiger charge is 2.22. The number of primary sulfonamides is 1. The lowest BCUT2D eigenvalue weighted by atomic mass is 10.1. The van der Waals surface area contributed by atoms with Crippen molar-refractivity contribution in [2.24, 2.45) is 11.1 Å². The van der Waals surface area contributed by atoms with Gasteiger partial charge in [0.05, 0.1) is 23.7 Å². The van der Waals surface area contributed by atoms with Crippen LogP contribution in [0.3, 0.4) is 0 Å². The van der Waals surface area contributed by atoms with Crippen molar-refractivity contribution in [3.63, 3.8) is 0 Å². The number of sulfonamides is 1.